The maximum absolute atomic E-state index is 12.8. The number of nitrogens with two attached hydrogens (primary N) is 1. The molecule has 0 saturated carbocycles. The number of hydrogen-bond acceptors (Lipinski definition) is 4. The van der Waals surface area contributed by atoms with E-state index in [9.17, 15) is 9.59 Å². The number of benzene rings is 1. The lowest BCUT2D eigenvalue weighted by atomic mass is 9.90. The average Bonchev–Trinajstić information content (AvgIpc) is 2.73. The number of carbonyl (C=O) groups excluding carboxylic acids is 2. The summed E-state index contributed by atoms with van der Waals surface area (Å²) in [6.07, 6.45) is 3.29. The van der Waals surface area contributed by atoms with Crippen molar-refractivity contribution in [1.82, 2.24) is 9.80 Å². The maximum Gasteiger partial charge on any atom is 0.253 e. The average molecular weight is 396 g/mol. The second-order valence-electron chi connectivity index (χ2n) is 7.31. The van der Waals surface area contributed by atoms with Gasteiger partial charge in [-0.15, -0.1) is 12.4 Å². The summed E-state index contributed by atoms with van der Waals surface area (Å²) in [7, 11) is 1.85. The summed E-state index contributed by atoms with van der Waals surface area (Å²) in [5.41, 5.74) is 6.96. The third-order valence-corrected chi connectivity index (χ3v) is 5.73. The first-order chi connectivity index (χ1) is 12.6. The number of amides is 2. The van der Waals surface area contributed by atoms with Crippen LogP contribution in [-0.4, -0.2) is 67.0 Å². The van der Waals surface area contributed by atoms with Crippen LogP contribution < -0.4 is 5.73 Å². The van der Waals surface area contributed by atoms with Gasteiger partial charge in [-0.25, -0.2) is 0 Å². The van der Waals surface area contributed by atoms with Gasteiger partial charge in [0.15, 0.2) is 0 Å². The van der Waals surface area contributed by atoms with Gasteiger partial charge in [0.25, 0.3) is 5.91 Å². The first-order valence-electron chi connectivity index (χ1n) is 9.52. The van der Waals surface area contributed by atoms with Gasteiger partial charge in [0.2, 0.25) is 5.91 Å². The van der Waals surface area contributed by atoms with E-state index in [-0.39, 0.29) is 36.2 Å². The quantitative estimate of drug-likeness (QED) is 0.845. The molecule has 3 rings (SSSR count). The SMILES string of the molecule is CN(C(=O)C(N)C1CCOCC1)C1CCN(C(=O)c2ccccc2)CC1.Cl. The molecule has 0 radical (unpaired) electrons. The second-order valence-corrected chi connectivity index (χ2v) is 7.31. The van der Waals surface area contributed by atoms with Gasteiger partial charge in [-0.3, -0.25) is 9.59 Å². The standard InChI is InChI=1S/C20H29N3O3.ClH/c1-22(20(25)18(21)15-9-13-26-14-10-15)17-7-11-23(12-8-17)19(24)16-5-3-2-4-6-16;/h2-6,15,17-18H,7-14,21H2,1H3;1H. The number of hydrogen-bond donors (Lipinski definition) is 1. The molecule has 2 aliphatic heterocycles. The van der Waals surface area contributed by atoms with Crippen LogP contribution in [-0.2, 0) is 9.53 Å². The Morgan fingerprint density at radius 1 is 1.11 bits per heavy atom. The van der Waals surface area contributed by atoms with Crippen LogP contribution in [0.4, 0.5) is 0 Å². The Labute approximate surface area is 167 Å². The van der Waals surface area contributed by atoms with Gasteiger partial charge in [0, 0.05) is 45.0 Å². The second kappa shape index (κ2) is 10.1. The van der Waals surface area contributed by atoms with Crippen LogP contribution in [0, 0.1) is 5.92 Å². The zero-order chi connectivity index (χ0) is 18.5. The van der Waals surface area contributed by atoms with Crippen molar-refractivity contribution in [2.45, 2.75) is 37.8 Å². The van der Waals surface area contributed by atoms with E-state index in [1.807, 2.05) is 47.2 Å². The van der Waals surface area contributed by atoms with Crippen molar-refractivity contribution in [2.75, 3.05) is 33.4 Å². The number of carbonyl (C=O) groups is 2. The molecule has 2 aliphatic rings. The minimum atomic E-state index is -0.451. The summed E-state index contributed by atoms with van der Waals surface area (Å²) in [5, 5.41) is 0. The predicted molar refractivity (Wildman–Crippen MR) is 107 cm³/mol. The summed E-state index contributed by atoms with van der Waals surface area (Å²) < 4.78 is 5.36. The summed E-state index contributed by atoms with van der Waals surface area (Å²) in [5.74, 6) is 0.292. The van der Waals surface area contributed by atoms with Crippen LogP contribution in [0.1, 0.15) is 36.0 Å². The number of halogens is 1. The van der Waals surface area contributed by atoms with Gasteiger partial charge in [0.05, 0.1) is 6.04 Å². The molecule has 7 heteroatoms. The minimum Gasteiger partial charge on any atom is -0.381 e. The Hall–Kier alpha value is -1.63. The summed E-state index contributed by atoms with van der Waals surface area (Å²) >= 11 is 0. The molecule has 1 unspecified atom stereocenters. The smallest absolute Gasteiger partial charge is 0.253 e. The van der Waals surface area contributed by atoms with Crippen molar-refractivity contribution in [1.29, 1.82) is 0 Å². The molecule has 2 amide bonds. The van der Waals surface area contributed by atoms with Gasteiger partial charge in [-0.1, -0.05) is 18.2 Å². The molecule has 2 saturated heterocycles. The molecule has 27 heavy (non-hydrogen) atoms. The van der Waals surface area contributed by atoms with Gasteiger partial charge in [0.1, 0.15) is 0 Å². The predicted octanol–water partition coefficient (Wildman–Crippen LogP) is 1.93. The molecule has 1 atom stereocenters. The third-order valence-electron chi connectivity index (χ3n) is 5.73. The summed E-state index contributed by atoms with van der Waals surface area (Å²) in [6, 6.07) is 9.05. The molecular weight excluding hydrogens is 366 g/mol. The van der Waals surface area contributed by atoms with Gasteiger partial charge >= 0.3 is 0 Å². The van der Waals surface area contributed by atoms with Crippen molar-refractivity contribution in [3.8, 4) is 0 Å². The van der Waals surface area contributed by atoms with Gasteiger partial charge in [-0.2, -0.15) is 0 Å². The molecule has 2 fully saturated rings. The zero-order valence-corrected chi connectivity index (χ0v) is 16.7. The molecular formula is C20H30ClN3O3. The van der Waals surface area contributed by atoms with Crippen LogP contribution in [0.3, 0.4) is 0 Å². The fraction of sp³-hybridized carbons (Fsp3) is 0.600. The van der Waals surface area contributed by atoms with Crippen LogP contribution in [0.25, 0.3) is 0 Å². The third kappa shape index (κ3) is 5.21. The molecule has 2 heterocycles. The lowest BCUT2D eigenvalue weighted by molar-refractivity contribution is -0.136. The molecule has 0 spiro atoms. The Morgan fingerprint density at radius 2 is 1.70 bits per heavy atom. The van der Waals surface area contributed by atoms with Crippen molar-refractivity contribution in [3.05, 3.63) is 35.9 Å². The molecule has 0 aliphatic carbocycles. The topological polar surface area (TPSA) is 75.9 Å². The van der Waals surface area contributed by atoms with E-state index in [1.165, 1.54) is 0 Å². The molecule has 1 aromatic carbocycles. The Balaban J connectivity index is 0.00000261. The van der Waals surface area contributed by atoms with E-state index in [2.05, 4.69) is 0 Å². The number of likely N-dealkylation sites (N-methyl/N-ethyl adjacent to an activating group) is 1. The van der Waals surface area contributed by atoms with Crippen LogP contribution in [0.2, 0.25) is 0 Å². The van der Waals surface area contributed by atoms with Gasteiger partial charge in [-0.05, 0) is 43.7 Å². The highest BCUT2D eigenvalue weighted by molar-refractivity contribution is 5.94. The van der Waals surface area contributed by atoms with E-state index >= 15 is 0 Å². The van der Waals surface area contributed by atoms with E-state index in [0.29, 0.717) is 26.3 Å². The van der Waals surface area contributed by atoms with Crippen LogP contribution in [0.5, 0.6) is 0 Å². The number of ether oxygens (including phenoxy) is 1. The highest BCUT2D eigenvalue weighted by atomic mass is 35.5. The zero-order valence-electron chi connectivity index (χ0n) is 15.9. The van der Waals surface area contributed by atoms with Crippen molar-refractivity contribution >= 4 is 24.2 Å². The Morgan fingerprint density at radius 3 is 2.30 bits per heavy atom. The highest BCUT2D eigenvalue weighted by Gasteiger charge is 2.33. The number of nitrogens with zero attached hydrogens (tertiary/aromatic N) is 2. The molecule has 2 N–H and O–H groups in total. The first kappa shape index (κ1) is 21.7. The normalized spacial score (nSPS) is 19.9. The van der Waals surface area contributed by atoms with E-state index in [0.717, 1.165) is 31.2 Å². The van der Waals surface area contributed by atoms with Crippen LogP contribution >= 0.6 is 12.4 Å². The number of rotatable bonds is 4. The minimum absolute atomic E-state index is 0. The summed E-state index contributed by atoms with van der Waals surface area (Å²) in [4.78, 5) is 29.0. The monoisotopic (exact) mass is 395 g/mol. The Bertz CT molecular complexity index is 614. The fourth-order valence-corrected chi connectivity index (χ4v) is 3.91. The molecule has 6 nitrogen and oxygen atoms in total. The Kier molecular flexibility index (Phi) is 8.07. The van der Waals surface area contributed by atoms with E-state index < -0.39 is 6.04 Å². The summed E-state index contributed by atoms with van der Waals surface area (Å²) in [6.45, 7) is 2.72. The van der Waals surface area contributed by atoms with Gasteiger partial charge < -0.3 is 20.3 Å². The van der Waals surface area contributed by atoms with E-state index in [1.54, 1.807) is 0 Å². The first-order valence-corrected chi connectivity index (χ1v) is 9.52. The molecule has 150 valence electrons. The highest BCUT2D eigenvalue weighted by Crippen LogP contribution is 2.22. The lowest BCUT2D eigenvalue weighted by Gasteiger charge is -2.39. The fourth-order valence-electron chi connectivity index (χ4n) is 3.91. The maximum atomic E-state index is 12.8. The van der Waals surface area contributed by atoms with Crippen LogP contribution in [0.15, 0.2) is 30.3 Å². The van der Waals surface area contributed by atoms with Crippen molar-refractivity contribution < 1.29 is 14.3 Å². The lowest BCUT2D eigenvalue weighted by Crippen LogP contribution is -2.53. The number of piperidine rings is 1. The van der Waals surface area contributed by atoms with Crippen molar-refractivity contribution in [3.63, 3.8) is 0 Å². The molecule has 0 aromatic heterocycles. The van der Waals surface area contributed by atoms with Crippen molar-refractivity contribution in [2.24, 2.45) is 11.7 Å². The number of likely N-dealkylation sites (tertiary alicyclic amines) is 1. The molecule has 0 bridgehead atoms. The largest absolute Gasteiger partial charge is 0.381 e. The van der Waals surface area contributed by atoms with E-state index in [4.69, 9.17) is 10.5 Å². The molecule has 1 aromatic rings.